The fraction of sp³-hybridized carbons (Fsp3) is 0.773. The van der Waals surface area contributed by atoms with E-state index in [4.69, 9.17) is 14.2 Å². The van der Waals surface area contributed by atoms with E-state index in [0.717, 1.165) is 56.8 Å². The van der Waals surface area contributed by atoms with Crippen LogP contribution in [0.4, 0.5) is 0 Å². The molecule has 0 N–H and O–H groups in total. The van der Waals surface area contributed by atoms with Crippen molar-refractivity contribution in [1.82, 2.24) is 9.88 Å². The smallest absolute Gasteiger partial charge is 0.138 e. The maximum Gasteiger partial charge on any atom is 0.138 e. The van der Waals surface area contributed by atoms with Crippen LogP contribution in [0.1, 0.15) is 45.2 Å². The third kappa shape index (κ3) is 6.44. The standard InChI is InChI=1S/C22H36N2O3/c1-16(7-8-26-22-14-24(3)15-22)9-17(2)10-18-5-6-19(13-23-18)27-21-11-20(12-21)25-4/h5-6,13,16-17,20-22H,7-12,14-15H2,1-4H3. The molecule has 2 fully saturated rings. The van der Waals surface area contributed by atoms with Gasteiger partial charge >= 0.3 is 0 Å². The van der Waals surface area contributed by atoms with Gasteiger partial charge in [-0.1, -0.05) is 13.8 Å². The van der Waals surface area contributed by atoms with E-state index in [2.05, 4.69) is 42.9 Å². The zero-order chi connectivity index (χ0) is 19.2. The molecule has 0 radical (unpaired) electrons. The lowest BCUT2D eigenvalue weighted by Crippen LogP contribution is -2.49. The molecule has 0 amide bonds. The number of pyridine rings is 1. The highest BCUT2D eigenvalue weighted by Crippen LogP contribution is 2.28. The van der Waals surface area contributed by atoms with Gasteiger partial charge in [0.05, 0.1) is 18.4 Å². The summed E-state index contributed by atoms with van der Waals surface area (Å²) in [5.74, 6) is 2.19. The van der Waals surface area contributed by atoms with Crippen molar-refractivity contribution in [2.24, 2.45) is 11.8 Å². The number of hydrogen-bond donors (Lipinski definition) is 0. The van der Waals surface area contributed by atoms with Gasteiger partial charge in [0.2, 0.25) is 0 Å². The molecule has 2 atom stereocenters. The summed E-state index contributed by atoms with van der Waals surface area (Å²) in [5.41, 5.74) is 1.15. The van der Waals surface area contributed by atoms with Crippen LogP contribution in [0.15, 0.2) is 18.3 Å². The van der Waals surface area contributed by atoms with Gasteiger partial charge in [0.1, 0.15) is 11.9 Å². The first-order valence-electron chi connectivity index (χ1n) is 10.5. The molecular formula is C22H36N2O3. The second-order valence-corrected chi connectivity index (χ2v) is 8.71. The molecule has 1 aromatic rings. The van der Waals surface area contributed by atoms with Crippen molar-refractivity contribution in [1.29, 1.82) is 0 Å². The van der Waals surface area contributed by atoms with Crippen LogP contribution in [-0.2, 0) is 15.9 Å². The normalized spacial score (nSPS) is 25.5. The number of nitrogens with zero attached hydrogens (tertiary/aromatic N) is 2. The first-order valence-corrected chi connectivity index (χ1v) is 10.5. The van der Waals surface area contributed by atoms with Gasteiger partial charge in [-0.3, -0.25) is 4.98 Å². The molecule has 152 valence electrons. The number of aromatic nitrogens is 1. The van der Waals surface area contributed by atoms with Gasteiger partial charge in [0, 0.05) is 45.3 Å². The Morgan fingerprint density at radius 1 is 1.11 bits per heavy atom. The average Bonchev–Trinajstić information content (AvgIpc) is 2.57. The van der Waals surface area contributed by atoms with Crippen molar-refractivity contribution >= 4 is 0 Å². The predicted octanol–water partition coefficient (Wildman–Crippen LogP) is 3.56. The maximum atomic E-state index is 5.93. The molecule has 0 spiro atoms. The van der Waals surface area contributed by atoms with Crippen LogP contribution in [-0.4, -0.2) is 62.0 Å². The molecule has 1 aliphatic heterocycles. The lowest BCUT2D eigenvalue weighted by atomic mass is 9.91. The average molecular weight is 377 g/mol. The Balaban J connectivity index is 1.30. The predicted molar refractivity (Wildman–Crippen MR) is 107 cm³/mol. The van der Waals surface area contributed by atoms with Crippen LogP contribution < -0.4 is 4.74 Å². The fourth-order valence-corrected chi connectivity index (χ4v) is 4.03. The molecule has 0 bridgehead atoms. The highest BCUT2D eigenvalue weighted by atomic mass is 16.5. The molecule has 5 heteroatoms. The summed E-state index contributed by atoms with van der Waals surface area (Å²) in [7, 11) is 3.90. The maximum absolute atomic E-state index is 5.93. The first kappa shape index (κ1) is 20.6. The Morgan fingerprint density at radius 3 is 2.52 bits per heavy atom. The van der Waals surface area contributed by atoms with Gasteiger partial charge < -0.3 is 19.1 Å². The van der Waals surface area contributed by atoms with Gasteiger partial charge in [-0.15, -0.1) is 0 Å². The Labute approximate surface area is 164 Å². The number of hydrogen-bond acceptors (Lipinski definition) is 5. The van der Waals surface area contributed by atoms with E-state index in [1.165, 1.54) is 6.42 Å². The van der Waals surface area contributed by atoms with Crippen LogP contribution in [0.25, 0.3) is 0 Å². The lowest BCUT2D eigenvalue weighted by molar-refractivity contribution is -0.0469. The van der Waals surface area contributed by atoms with Crippen LogP contribution >= 0.6 is 0 Å². The summed E-state index contributed by atoms with van der Waals surface area (Å²) in [4.78, 5) is 6.90. The van der Waals surface area contributed by atoms with Crippen molar-refractivity contribution in [3.63, 3.8) is 0 Å². The summed E-state index contributed by atoms with van der Waals surface area (Å²) in [6, 6.07) is 4.17. The van der Waals surface area contributed by atoms with E-state index in [-0.39, 0.29) is 6.10 Å². The molecule has 0 aromatic carbocycles. The van der Waals surface area contributed by atoms with Crippen LogP contribution in [0.3, 0.4) is 0 Å². The number of ether oxygens (including phenoxy) is 3. The Hall–Kier alpha value is -1.17. The van der Waals surface area contributed by atoms with Crippen molar-refractivity contribution in [3.8, 4) is 5.75 Å². The van der Waals surface area contributed by atoms with Crippen LogP contribution in [0.5, 0.6) is 5.75 Å². The minimum Gasteiger partial charge on any atom is -0.489 e. The number of likely N-dealkylation sites (tertiary alicyclic amines) is 1. The van der Waals surface area contributed by atoms with Crippen molar-refractivity contribution < 1.29 is 14.2 Å². The van der Waals surface area contributed by atoms with Crippen LogP contribution in [0, 0.1) is 11.8 Å². The Morgan fingerprint density at radius 2 is 1.89 bits per heavy atom. The van der Waals surface area contributed by atoms with E-state index >= 15 is 0 Å². The summed E-state index contributed by atoms with van der Waals surface area (Å²) in [5, 5.41) is 0. The zero-order valence-corrected chi connectivity index (χ0v) is 17.4. The molecule has 3 rings (SSSR count). The van der Waals surface area contributed by atoms with E-state index in [0.29, 0.717) is 24.0 Å². The number of rotatable bonds is 11. The monoisotopic (exact) mass is 376 g/mol. The lowest BCUT2D eigenvalue weighted by Gasteiger charge is -2.36. The Kier molecular flexibility index (Phi) is 7.50. The molecule has 5 nitrogen and oxygen atoms in total. The van der Waals surface area contributed by atoms with Gasteiger partial charge in [-0.25, -0.2) is 0 Å². The van der Waals surface area contributed by atoms with Gasteiger partial charge in [-0.2, -0.15) is 0 Å². The second kappa shape index (κ2) is 9.85. The van der Waals surface area contributed by atoms with E-state index in [1.54, 1.807) is 7.11 Å². The summed E-state index contributed by atoms with van der Waals surface area (Å²) in [6.45, 7) is 7.72. The third-order valence-electron chi connectivity index (χ3n) is 5.84. The first-order chi connectivity index (χ1) is 13.0. The van der Waals surface area contributed by atoms with E-state index in [1.807, 2.05) is 6.20 Å². The topological polar surface area (TPSA) is 43.8 Å². The second-order valence-electron chi connectivity index (χ2n) is 8.71. The quantitative estimate of drug-likeness (QED) is 0.591. The molecular weight excluding hydrogens is 340 g/mol. The Bertz CT molecular complexity index is 553. The molecule has 2 heterocycles. The largest absolute Gasteiger partial charge is 0.489 e. The zero-order valence-electron chi connectivity index (χ0n) is 17.4. The molecule has 1 saturated carbocycles. The highest BCUT2D eigenvalue weighted by molar-refractivity contribution is 5.20. The third-order valence-corrected chi connectivity index (χ3v) is 5.84. The molecule has 27 heavy (non-hydrogen) atoms. The fourth-order valence-electron chi connectivity index (χ4n) is 4.03. The number of methoxy groups -OCH3 is 1. The van der Waals surface area contributed by atoms with Crippen molar-refractivity contribution in [2.75, 3.05) is 33.9 Å². The number of likely N-dealkylation sites (N-methyl/N-ethyl adjacent to an activating group) is 1. The van der Waals surface area contributed by atoms with Gasteiger partial charge in [-0.05, 0) is 50.3 Å². The van der Waals surface area contributed by atoms with Crippen LogP contribution in [0.2, 0.25) is 0 Å². The summed E-state index contributed by atoms with van der Waals surface area (Å²) in [6.07, 6.45) is 8.33. The van der Waals surface area contributed by atoms with Gasteiger partial charge in [0.15, 0.2) is 0 Å². The van der Waals surface area contributed by atoms with Gasteiger partial charge in [0.25, 0.3) is 0 Å². The highest BCUT2D eigenvalue weighted by Gasteiger charge is 2.30. The molecule has 1 saturated heterocycles. The van der Waals surface area contributed by atoms with E-state index < -0.39 is 0 Å². The van der Waals surface area contributed by atoms with Crippen molar-refractivity contribution in [2.45, 2.75) is 64.3 Å². The molecule has 1 aliphatic carbocycles. The molecule has 2 unspecified atom stereocenters. The molecule has 2 aliphatic rings. The van der Waals surface area contributed by atoms with Crippen molar-refractivity contribution in [3.05, 3.63) is 24.0 Å². The van der Waals surface area contributed by atoms with E-state index in [9.17, 15) is 0 Å². The minimum atomic E-state index is 0.282. The summed E-state index contributed by atoms with van der Waals surface area (Å²) >= 11 is 0. The minimum absolute atomic E-state index is 0.282. The molecule has 1 aromatic heterocycles. The SMILES string of the molecule is COC1CC(Oc2ccc(CC(C)CC(C)CCOC3CN(C)C3)nc2)C1. The summed E-state index contributed by atoms with van der Waals surface area (Å²) < 4.78 is 17.1.